The quantitative estimate of drug-likeness (QED) is 0.509. The molecule has 98 valence electrons. The summed E-state index contributed by atoms with van der Waals surface area (Å²) in [5.74, 6) is -0.286. The lowest BCUT2D eigenvalue weighted by molar-refractivity contribution is -0.122. The Balaban J connectivity index is 2.29. The van der Waals surface area contributed by atoms with E-state index >= 15 is 0 Å². The maximum Gasteiger partial charge on any atom is 0.329 e. The smallest absolute Gasteiger partial charge is 0.329 e. The first-order chi connectivity index (χ1) is 9.02. The number of nitrogens with one attached hydrogen (secondary N) is 1. The molecule has 6 heteroatoms. The van der Waals surface area contributed by atoms with Gasteiger partial charge in [-0.25, -0.2) is 4.79 Å². The van der Waals surface area contributed by atoms with E-state index in [-0.39, 0.29) is 18.0 Å². The van der Waals surface area contributed by atoms with Crippen molar-refractivity contribution < 1.29 is 14.7 Å². The first-order valence-electron chi connectivity index (χ1n) is 5.47. The molecule has 2 N–H and O–H groups in total. The third-order valence-corrected chi connectivity index (χ3v) is 3.19. The van der Waals surface area contributed by atoms with Crippen LogP contribution in [0.5, 0.6) is 5.75 Å². The second-order valence-corrected chi connectivity index (χ2v) is 4.76. The van der Waals surface area contributed by atoms with Crippen LogP contribution in [0, 0.1) is 0 Å². The van der Waals surface area contributed by atoms with Crippen LogP contribution < -0.4 is 5.32 Å². The number of phenols is 1. The number of benzene rings is 1. The Bertz CT molecular complexity index is 596. The highest BCUT2D eigenvalue weighted by atomic mass is 79.9. The Morgan fingerprint density at radius 3 is 2.79 bits per heavy atom. The molecule has 1 aliphatic heterocycles. The fourth-order valence-electron chi connectivity index (χ4n) is 1.65. The van der Waals surface area contributed by atoms with Crippen LogP contribution in [0.2, 0.25) is 0 Å². The molecule has 0 unspecified atom stereocenters. The first kappa shape index (κ1) is 13.4. The van der Waals surface area contributed by atoms with E-state index in [0.717, 1.165) is 4.90 Å². The van der Waals surface area contributed by atoms with Gasteiger partial charge >= 0.3 is 6.03 Å². The third-order valence-electron chi connectivity index (χ3n) is 2.56. The standard InChI is InChI=1S/C13H11BrN2O3/c1-2-5-16-12(18)10(15-13(16)19)7-8-3-4-11(17)9(14)6-8/h2-4,6-7,17H,1,5H2,(H,15,19)/b10-7+. The van der Waals surface area contributed by atoms with Crippen LogP contribution in [0.3, 0.4) is 0 Å². The van der Waals surface area contributed by atoms with Gasteiger partial charge in [0.2, 0.25) is 0 Å². The van der Waals surface area contributed by atoms with Crippen LogP contribution in [-0.4, -0.2) is 28.5 Å². The largest absolute Gasteiger partial charge is 0.507 e. The van der Waals surface area contributed by atoms with Crippen LogP contribution in [0.4, 0.5) is 4.79 Å². The molecule has 5 nitrogen and oxygen atoms in total. The van der Waals surface area contributed by atoms with Gasteiger partial charge in [0.25, 0.3) is 5.91 Å². The Kier molecular flexibility index (Phi) is 3.71. The van der Waals surface area contributed by atoms with Crippen LogP contribution in [0.15, 0.2) is 41.0 Å². The second-order valence-electron chi connectivity index (χ2n) is 3.90. The number of urea groups is 1. The fourth-order valence-corrected chi connectivity index (χ4v) is 2.04. The molecule has 0 saturated carbocycles. The summed E-state index contributed by atoms with van der Waals surface area (Å²) in [6.45, 7) is 3.66. The summed E-state index contributed by atoms with van der Waals surface area (Å²) in [7, 11) is 0. The number of rotatable bonds is 3. The molecule has 0 atom stereocenters. The lowest BCUT2D eigenvalue weighted by Gasteiger charge is -2.06. The number of nitrogens with zero attached hydrogens (tertiary/aromatic N) is 1. The minimum absolute atomic E-state index is 0.109. The number of hydrogen-bond donors (Lipinski definition) is 2. The van der Waals surface area contributed by atoms with E-state index in [2.05, 4.69) is 27.8 Å². The van der Waals surface area contributed by atoms with Gasteiger partial charge in [-0.15, -0.1) is 6.58 Å². The van der Waals surface area contributed by atoms with Gasteiger partial charge in [0.05, 0.1) is 4.47 Å². The van der Waals surface area contributed by atoms with Crippen molar-refractivity contribution in [3.05, 3.63) is 46.6 Å². The van der Waals surface area contributed by atoms with E-state index in [1.165, 1.54) is 12.1 Å². The molecule has 1 saturated heterocycles. The van der Waals surface area contributed by atoms with Gasteiger partial charge in [-0.3, -0.25) is 9.69 Å². The third kappa shape index (κ3) is 2.68. The molecule has 0 bridgehead atoms. The molecule has 1 aromatic carbocycles. The molecule has 0 spiro atoms. The molecule has 0 aliphatic carbocycles. The van der Waals surface area contributed by atoms with Crippen molar-refractivity contribution in [2.24, 2.45) is 0 Å². The molecule has 1 heterocycles. The normalized spacial score (nSPS) is 16.9. The van der Waals surface area contributed by atoms with Crippen molar-refractivity contribution in [3.8, 4) is 5.75 Å². The van der Waals surface area contributed by atoms with E-state index in [1.807, 2.05) is 0 Å². The van der Waals surface area contributed by atoms with Gasteiger partial charge < -0.3 is 10.4 Å². The minimum atomic E-state index is -0.464. The van der Waals surface area contributed by atoms with Crippen molar-refractivity contribution in [2.45, 2.75) is 0 Å². The molecule has 0 aromatic heterocycles. The van der Waals surface area contributed by atoms with Gasteiger partial charge in [0.1, 0.15) is 11.4 Å². The summed E-state index contributed by atoms with van der Waals surface area (Å²) >= 11 is 3.18. The number of amides is 3. The van der Waals surface area contributed by atoms with E-state index < -0.39 is 11.9 Å². The highest BCUT2D eigenvalue weighted by Crippen LogP contribution is 2.25. The van der Waals surface area contributed by atoms with Crippen LogP contribution in [-0.2, 0) is 4.79 Å². The highest BCUT2D eigenvalue weighted by molar-refractivity contribution is 9.10. The van der Waals surface area contributed by atoms with Crippen molar-refractivity contribution >= 4 is 33.9 Å². The van der Waals surface area contributed by atoms with E-state index in [1.54, 1.807) is 18.2 Å². The van der Waals surface area contributed by atoms with Crippen LogP contribution >= 0.6 is 15.9 Å². The minimum Gasteiger partial charge on any atom is -0.507 e. The Morgan fingerprint density at radius 1 is 1.42 bits per heavy atom. The number of imide groups is 1. The van der Waals surface area contributed by atoms with E-state index in [0.29, 0.717) is 10.0 Å². The molecule has 2 rings (SSSR count). The van der Waals surface area contributed by atoms with Gasteiger partial charge in [0, 0.05) is 6.54 Å². The Hall–Kier alpha value is -2.08. The topological polar surface area (TPSA) is 69.6 Å². The molecular weight excluding hydrogens is 312 g/mol. The second kappa shape index (κ2) is 5.27. The molecule has 19 heavy (non-hydrogen) atoms. The molecule has 1 aliphatic rings. The lowest BCUT2D eigenvalue weighted by atomic mass is 10.2. The summed E-state index contributed by atoms with van der Waals surface area (Å²) in [5.41, 5.74) is 0.887. The van der Waals surface area contributed by atoms with Crippen LogP contribution in [0.25, 0.3) is 6.08 Å². The average molecular weight is 323 g/mol. The first-order valence-corrected chi connectivity index (χ1v) is 6.26. The number of phenolic OH excluding ortho intramolecular Hbond substituents is 1. The SMILES string of the molecule is C=CCN1C(=O)N/C(=C/c2ccc(O)c(Br)c2)C1=O. The molecule has 1 aromatic rings. The monoisotopic (exact) mass is 322 g/mol. The number of aromatic hydroxyl groups is 1. The molecule has 1 fully saturated rings. The number of halogens is 1. The summed E-state index contributed by atoms with van der Waals surface area (Å²) in [6.07, 6.45) is 3.03. The number of hydrogen-bond acceptors (Lipinski definition) is 3. The number of carbonyl (C=O) groups excluding carboxylic acids is 2. The molecule has 0 radical (unpaired) electrons. The highest BCUT2D eigenvalue weighted by Gasteiger charge is 2.32. The summed E-state index contributed by atoms with van der Waals surface area (Å²) in [4.78, 5) is 24.5. The summed E-state index contributed by atoms with van der Waals surface area (Å²) in [6, 6.07) is 4.33. The van der Waals surface area contributed by atoms with Crippen molar-refractivity contribution in [1.82, 2.24) is 10.2 Å². The van der Waals surface area contributed by atoms with Crippen molar-refractivity contribution in [3.63, 3.8) is 0 Å². The van der Waals surface area contributed by atoms with Crippen molar-refractivity contribution in [2.75, 3.05) is 6.54 Å². The fraction of sp³-hybridized carbons (Fsp3) is 0.0769. The van der Waals surface area contributed by atoms with Crippen LogP contribution in [0.1, 0.15) is 5.56 Å². The summed E-state index contributed by atoms with van der Waals surface area (Å²) in [5, 5.41) is 11.9. The maximum absolute atomic E-state index is 11.9. The van der Waals surface area contributed by atoms with Gasteiger partial charge in [-0.1, -0.05) is 12.1 Å². The number of carbonyl (C=O) groups is 2. The zero-order chi connectivity index (χ0) is 14.0. The lowest BCUT2D eigenvalue weighted by Crippen LogP contribution is -2.30. The predicted molar refractivity (Wildman–Crippen MR) is 74.2 cm³/mol. The van der Waals surface area contributed by atoms with E-state index in [9.17, 15) is 14.7 Å². The van der Waals surface area contributed by atoms with Gasteiger partial charge in [-0.05, 0) is 39.7 Å². The molecular formula is C13H11BrN2O3. The zero-order valence-corrected chi connectivity index (χ0v) is 11.5. The maximum atomic E-state index is 11.9. The van der Waals surface area contributed by atoms with Gasteiger partial charge in [-0.2, -0.15) is 0 Å². The Labute approximate surface area is 118 Å². The average Bonchev–Trinajstić information content (AvgIpc) is 2.62. The predicted octanol–water partition coefficient (Wildman–Crippen LogP) is 2.23. The van der Waals surface area contributed by atoms with E-state index in [4.69, 9.17) is 0 Å². The van der Waals surface area contributed by atoms with Gasteiger partial charge in [0.15, 0.2) is 0 Å². The summed E-state index contributed by atoms with van der Waals surface area (Å²) < 4.78 is 0.515. The molecule has 3 amide bonds. The Morgan fingerprint density at radius 2 is 2.16 bits per heavy atom. The van der Waals surface area contributed by atoms with Crippen molar-refractivity contribution in [1.29, 1.82) is 0 Å². The zero-order valence-electron chi connectivity index (χ0n) is 9.89.